The number of nitrogens with one attached hydrogen (secondary N) is 2. The molecule has 0 fully saturated rings. The molecule has 0 bridgehead atoms. The number of urea groups is 1. The highest BCUT2D eigenvalue weighted by Gasteiger charge is 2.30. The van der Waals surface area contributed by atoms with E-state index in [0.717, 1.165) is 22.7 Å². The standard InChI is InChI=1S/C20H26N4O3S/c1-5-27-18(25)17-13(4)21-19(26)22-15(17)11-28-20-23-14-8-6-7-9-16(14)24(20)10-12(2)3/h6-9,12-13H,5,10-11H2,1-4H3,(H2,21,22,26)/t13-/m1/s1. The predicted molar refractivity (Wildman–Crippen MR) is 110 cm³/mol. The Labute approximate surface area is 168 Å². The Hall–Kier alpha value is -2.48. The lowest BCUT2D eigenvalue weighted by Crippen LogP contribution is -2.49. The molecule has 0 unspecified atom stereocenters. The Morgan fingerprint density at radius 2 is 2.11 bits per heavy atom. The summed E-state index contributed by atoms with van der Waals surface area (Å²) in [5, 5.41) is 6.35. The monoisotopic (exact) mass is 402 g/mol. The summed E-state index contributed by atoms with van der Waals surface area (Å²) in [5.41, 5.74) is 3.05. The second kappa shape index (κ2) is 8.68. The maximum Gasteiger partial charge on any atom is 0.337 e. The third-order valence-electron chi connectivity index (χ3n) is 4.38. The van der Waals surface area contributed by atoms with Crippen LogP contribution < -0.4 is 10.6 Å². The van der Waals surface area contributed by atoms with Gasteiger partial charge in [-0.25, -0.2) is 14.6 Å². The Bertz CT molecular complexity index is 919. The number of hydrogen-bond donors (Lipinski definition) is 2. The van der Waals surface area contributed by atoms with E-state index in [1.165, 1.54) is 11.8 Å². The first-order chi connectivity index (χ1) is 13.4. The Morgan fingerprint density at radius 3 is 2.82 bits per heavy atom. The number of aromatic nitrogens is 2. The number of carbonyl (C=O) groups is 2. The van der Waals surface area contributed by atoms with E-state index in [4.69, 9.17) is 9.72 Å². The lowest BCUT2D eigenvalue weighted by atomic mass is 10.1. The van der Waals surface area contributed by atoms with Gasteiger partial charge >= 0.3 is 12.0 Å². The molecule has 7 nitrogen and oxygen atoms in total. The van der Waals surface area contributed by atoms with Crippen molar-refractivity contribution >= 4 is 34.8 Å². The fourth-order valence-electron chi connectivity index (χ4n) is 3.24. The first-order valence-corrected chi connectivity index (χ1v) is 10.4. The molecule has 8 heteroatoms. The molecule has 2 aromatic rings. The van der Waals surface area contributed by atoms with Crippen LogP contribution in [-0.2, 0) is 16.1 Å². The number of hydrogen-bond acceptors (Lipinski definition) is 5. The van der Waals surface area contributed by atoms with Crippen molar-refractivity contribution in [3.63, 3.8) is 0 Å². The molecule has 2 amide bonds. The summed E-state index contributed by atoms with van der Waals surface area (Å²) < 4.78 is 7.37. The minimum absolute atomic E-state index is 0.285. The number of rotatable bonds is 7. The number of carbonyl (C=O) groups excluding carboxylic acids is 2. The first kappa shape index (κ1) is 20.3. The maximum atomic E-state index is 12.4. The minimum atomic E-state index is -0.409. The molecule has 1 aromatic carbocycles. The van der Waals surface area contributed by atoms with Crippen LogP contribution in [-0.4, -0.2) is 40.0 Å². The van der Waals surface area contributed by atoms with Crippen molar-refractivity contribution in [2.24, 2.45) is 5.92 Å². The number of nitrogens with zero attached hydrogens (tertiary/aromatic N) is 2. The topological polar surface area (TPSA) is 85.2 Å². The average Bonchev–Trinajstić information content (AvgIpc) is 2.96. The second-order valence-electron chi connectivity index (χ2n) is 7.11. The third-order valence-corrected chi connectivity index (χ3v) is 5.38. The van der Waals surface area contributed by atoms with E-state index in [-0.39, 0.29) is 12.6 Å². The second-order valence-corrected chi connectivity index (χ2v) is 8.05. The van der Waals surface area contributed by atoms with Crippen LogP contribution in [0.15, 0.2) is 40.7 Å². The third kappa shape index (κ3) is 4.32. The molecule has 0 saturated carbocycles. The van der Waals surface area contributed by atoms with Crippen molar-refractivity contribution < 1.29 is 14.3 Å². The molecule has 0 aliphatic carbocycles. The highest BCUT2D eigenvalue weighted by Crippen LogP contribution is 2.28. The lowest BCUT2D eigenvalue weighted by molar-refractivity contribution is -0.138. The van der Waals surface area contributed by atoms with Crippen LogP contribution in [0.4, 0.5) is 4.79 Å². The quantitative estimate of drug-likeness (QED) is 0.548. The first-order valence-electron chi connectivity index (χ1n) is 9.46. The van der Waals surface area contributed by atoms with Crippen LogP contribution in [0.1, 0.15) is 27.7 Å². The van der Waals surface area contributed by atoms with Gasteiger partial charge in [-0.05, 0) is 31.9 Å². The highest BCUT2D eigenvalue weighted by atomic mass is 32.2. The largest absolute Gasteiger partial charge is 0.463 e. The summed E-state index contributed by atoms with van der Waals surface area (Å²) in [4.78, 5) is 29.1. The van der Waals surface area contributed by atoms with Gasteiger partial charge in [-0.1, -0.05) is 37.7 Å². The van der Waals surface area contributed by atoms with Crippen LogP contribution >= 0.6 is 11.8 Å². The fourth-order valence-corrected chi connectivity index (χ4v) is 4.23. The molecule has 2 heterocycles. The van der Waals surface area contributed by atoms with Crippen molar-refractivity contribution in [2.45, 2.75) is 45.4 Å². The van der Waals surface area contributed by atoms with E-state index < -0.39 is 12.0 Å². The molecule has 1 aromatic heterocycles. The zero-order valence-corrected chi connectivity index (χ0v) is 17.4. The molecule has 0 saturated heterocycles. The van der Waals surface area contributed by atoms with E-state index in [1.807, 2.05) is 18.2 Å². The van der Waals surface area contributed by atoms with Gasteiger partial charge in [0.2, 0.25) is 0 Å². The van der Waals surface area contributed by atoms with Crippen molar-refractivity contribution in [3.8, 4) is 0 Å². The van der Waals surface area contributed by atoms with Crippen LogP contribution in [0, 0.1) is 5.92 Å². The van der Waals surface area contributed by atoms with Crippen LogP contribution in [0.25, 0.3) is 11.0 Å². The van der Waals surface area contributed by atoms with Gasteiger partial charge in [-0.3, -0.25) is 0 Å². The molecule has 1 aliphatic rings. The minimum Gasteiger partial charge on any atom is -0.463 e. The molecule has 3 rings (SSSR count). The Balaban J connectivity index is 1.91. The van der Waals surface area contributed by atoms with Gasteiger partial charge in [0.15, 0.2) is 5.16 Å². The van der Waals surface area contributed by atoms with E-state index in [0.29, 0.717) is 22.9 Å². The number of imidazole rings is 1. The molecule has 28 heavy (non-hydrogen) atoms. The van der Waals surface area contributed by atoms with E-state index in [9.17, 15) is 9.59 Å². The molecule has 1 atom stereocenters. The normalized spacial score (nSPS) is 17.0. The molecule has 150 valence electrons. The number of para-hydroxylation sites is 2. The summed E-state index contributed by atoms with van der Waals surface area (Å²) in [6, 6.07) is 7.32. The van der Waals surface area contributed by atoms with Crippen molar-refractivity contribution in [1.82, 2.24) is 20.2 Å². The summed E-state index contributed by atoms with van der Waals surface area (Å²) in [5.74, 6) is 0.478. The van der Waals surface area contributed by atoms with Gasteiger partial charge in [-0.2, -0.15) is 0 Å². The Morgan fingerprint density at radius 1 is 1.36 bits per heavy atom. The molecule has 0 spiro atoms. The highest BCUT2D eigenvalue weighted by molar-refractivity contribution is 7.99. The van der Waals surface area contributed by atoms with Crippen LogP contribution in [0.5, 0.6) is 0 Å². The molecular weight excluding hydrogens is 376 g/mol. The van der Waals surface area contributed by atoms with Crippen molar-refractivity contribution in [3.05, 3.63) is 35.5 Å². The summed E-state index contributed by atoms with van der Waals surface area (Å²) in [6.45, 7) is 9.01. The lowest BCUT2D eigenvalue weighted by Gasteiger charge is -2.26. The van der Waals surface area contributed by atoms with Crippen LogP contribution in [0.2, 0.25) is 0 Å². The number of amides is 2. The predicted octanol–water partition coefficient (Wildman–Crippen LogP) is 3.30. The van der Waals surface area contributed by atoms with Gasteiger partial charge in [0.05, 0.1) is 29.3 Å². The van der Waals surface area contributed by atoms with E-state index >= 15 is 0 Å². The summed E-state index contributed by atoms with van der Waals surface area (Å²) in [7, 11) is 0. The SMILES string of the molecule is CCOC(=O)C1=C(CSc2nc3ccccc3n2CC(C)C)NC(=O)N[C@@H]1C. The average molecular weight is 403 g/mol. The zero-order chi connectivity index (χ0) is 20.3. The number of fused-ring (bicyclic) bond motifs is 1. The van der Waals surface area contributed by atoms with Crippen molar-refractivity contribution in [2.75, 3.05) is 12.4 Å². The number of esters is 1. The van der Waals surface area contributed by atoms with Crippen LogP contribution in [0.3, 0.4) is 0 Å². The molecule has 0 radical (unpaired) electrons. The summed E-state index contributed by atoms with van der Waals surface area (Å²) >= 11 is 1.51. The van der Waals surface area contributed by atoms with Gasteiger partial charge in [-0.15, -0.1) is 0 Å². The smallest absolute Gasteiger partial charge is 0.337 e. The van der Waals surface area contributed by atoms with E-state index in [2.05, 4.69) is 35.1 Å². The van der Waals surface area contributed by atoms with Crippen molar-refractivity contribution in [1.29, 1.82) is 0 Å². The summed E-state index contributed by atoms with van der Waals surface area (Å²) in [6.07, 6.45) is 0. The van der Waals surface area contributed by atoms with Gasteiger partial charge in [0.25, 0.3) is 0 Å². The number of ether oxygens (including phenoxy) is 1. The zero-order valence-electron chi connectivity index (χ0n) is 16.6. The molecule has 1 aliphatic heterocycles. The van der Waals surface area contributed by atoms with Gasteiger partial charge in [0.1, 0.15) is 0 Å². The fraction of sp³-hybridized carbons (Fsp3) is 0.450. The van der Waals surface area contributed by atoms with E-state index in [1.54, 1.807) is 13.8 Å². The Kier molecular flexibility index (Phi) is 6.28. The number of thioether (sulfide) groups is 1. The molecule has 2 N–H and O–H groups in total. The van der Waals surface area contributed by atoms with Gasteiger partial charge < -0.3 is 19.9 Å². The maximum absolute atomic E-state index is 12.4. The number of benzene rings is 1. The molecular formula is C20H26N4O3S. The van der Waals surface area contributed by atoms with Gasteiger partial charge in [0, 0.05) is 18.0 Å².